The van der Waals surface area contributed by atoms with Crippen molar-refractivity contribution in [3.05, 3.63) is 42.7 Å². The minimum atomic E-state index is -0.291. The molecule has 0 spiro atoms. The third-order valence-electron chi connectivity index (χ3n) is 3.05. The van der Waals surface area contributed by atoms with Gasteiger partial charge in [0, 0.05) is 0 Å². The number of furan rings is 1. The minimum Gasteiger partial charge on any atom is -0.462 e. The summed E-state index contributed by atoms with van der Waals surface area (Å²) in [6.45, 7) is 3.77. The standard InChI is InChI=1S/C16H16N2O3/c1-11(2)21-15(19)10-18-13-7-4-3-6-12(13)17-16(18)14-8-5-9-20-14/h3-9,11H,10H2,1-2H3. The summed E-state index contributed by atoms with van der Waals surface area (Å²) in [5.41, 5.74) is 1.70. The number of nitrogens with zero attached hydrogens (tertiary/aromatic N) is 2. The van der Waals surface area contributed by atoms with E-state index in [9.17, 15) is 4.79 Å². The average Bonchev–Trinajstić information content (AvgIpc) is 3.06. The molecule has 0 amide bonds. The third-order valence-corrected chi connectivity index (χ3v) is 3.05. The van der Waals surface area contributed by atoms with E-state index in [1.807, 2.05) is 48.7 Å². The van der Waals surface area contributed by atoms with Gasteiger partial charge in [0.25, 0.3) is 0 Å². The Morgan fingerprint density at radius 1 is 1.29 bits per heavy atom. The van der Waals surface area contributed by atoms with Crippen LogP contribution in [0.15, 0.2) is 47.1 Å². The van der Waals surface area contributed by atoms with Gasteiger partial charge >= 0.3 is 5.97 Å². The van der Waals surface area contributed by atoms with E-state index < -0.39 is 0 Å². The number of carbonyl (C=O) groups excluding carboxylic acids is 1. The van der Waals surface area contributed by atoms with Crippen LogP contribution in [0.25, 0.3) is 22.6 Å². The summed E-state index contributed by atoms with van der Waals surface area (Å²) < 4.78 is 12.5. The van der Waals surface area contributed by atoms with Crippen LogP contribution < -0.4 is 0 Å². The minimum absolute atomic E-state index is 0.106. The number of ether oxygens (including phenoxy) is 1. The van der Waals surface area contributed by atoms with Crippen LogP contribution in [0.5, 0.6) is 0 Å². The summed E-state index contributed by atoms with van der Waals surface area (Å²) >= 11 is 0. The van der Waals surface area contributed by atoms with Crippen LogP contribution in [-0.2, 0) is 16.1 Å². The van der Waals surface area contributed by atoms with Crippen LogP contribution in [-0.4, -0.2) is 21.6 Å². The molecule has 3 aromatic rings. The molecule has 0 saturated carbocycles. The highest BCUT2D eigenvalue weighted by Crippen LogP contribution is 2.25. The number of rotatable bonds is 4. The van der Waals surface area contributed by atoms with Crippen molar-refractivity contribution in [1.82, 2.24) is 9.55 Å². The first kappa shape index (κ1) is 13.4. The lowest BCUT2D eigenvalue weighted by Crippen LogP contribution is -2.18. The van der Waals surface area contributed by atoms with Crippen LogP contribution in [0.4, 0.5) is 0 Å². The van der Waals surface area contributed by atoms with Crippen LogP contribution in [0.2, 0.25) is 0 Å². The number of fused-ring (bicyclic) bond motifs is 1. The van der Waals surface area contributed by atoms with Crippen molar-refractivity contribution in [3.8, 4) is 11.6 Å². The lowest BCUT2D eigenvalue weighted by atomic mass is 10.3. The van der Waals surface area contributed by atoms with E-state index >= 15 is 0 Å². The topological polar surface area (TPSA) is 57.3 Å². The molecule has 0 saturated heterocycles. The highest BCUT2D eigenvalue weighted by Gasteiger charge is 2.17. The molecule has 0 bridgehead atoms. The maximum atomic E-state index is 12.0. The summed E-state index contributed by atoms with van der Waals surface area (Å²) in [6, 6.07) is 11.3. The molecule has 1 aromatic carbocycles. The first-order chi connectivity index (χ1) is 10.1. The van der Waals surface area contributed by atoms with E-state index in [4.69, 9.17) is 9.15 Å². The summed E-state index contributed by atoms with van der Waals surface area (Å²) in [5, 5.41) is 0. The molecule has 0 aliphatic carbocycles. The van der Waals surface area contributed by atoms with Crippen LogP contribution in [0.1, 0.15) is 13.8 Å². The zero-order chi connectivity index (χ0) is 14.8. The third kappa shape index (κ3) is 2.67. The summed E-state index contributed by atoms with van der Waals surface area (Å²) in [5.74, 6) is 0.964. The van der Waals surface area contributed by atoms with Crippen molar-refractivity contribution >= 4 is 17.0 Å². The molecule has 108 valence electrons. The van der Waals surface area contributed by atoms with E-state index in [1.165, 1.54) is 0 Å². The normalized spacial score (nSPS) is 11.2. The van der Waals surface area contributed by atoms with Gasteiger partial charge in [0.05, 0.1) is 23.4 Å². The molecule has 21 heavy (non-hydrogen) atoms. The van der Waals surface area contributed by atoms with E-state index in [1.54, 1.807) is 12.3 Å². The SMILES string of the molecule is CC(C)OC(=O)Cn1c(-c2ccco2)nc2ccccc21. The predicted octanol–water partition coefficient (Wildman–Crippen LogP) is 3.25. The van der Waals surface area contributed by atoms with Crippen molar-refractivity contribution < 1.29 is 13.9 Å². The molecule has 0 atom stereocenters. The number of hydrogen-bond acceptors (Lipinski definition) is 4. The highest BCUT2D eigenvalue weighted by atomic mass is 16.5. The van der Waals surface area contributed by atoms with Gasteiger partial charge in [-0.2, -0.15) is 0 Å². The molecular formula is C16H16N2O3. The molecule has 0 aliphatic rings. The fraction of sp³-hybridized carbons (Fsp3) is 0.250. The van der Waals surface area contributed by atoms with Crippen LogP contribution in [0.3, 0.4) is 0 Å². The molecule has 0 unspecified atom stereocenters. The molecule has 5 heteroatoms. The lowest BCUT2D eigenvalue weighted by Gasteiger charge is -2.10. The Kier molecular flexibility index (Phi) is 3.48. The summed E-state index contributed by atoms with van der Waals surface area (Å²) in [7, 11) is 0. The van der Waals surface area contributed by atoms with Crippen molar-refractivity contribution in [1.29, 1.82) is 0 Å². The predicted molar refractivity (Wildman–Crippen MR) is 78.7 cm³/mol. The fourth-order valence-electron chi connectivity index (χ4n) is 2.26. The van der Waals surface area contributed by atoms with Crippen molar-refractivity contribution in [2.24, 2.45) is 0 Å². The molecular weight excluding hydrogens is 268 g/mol. The Morgan fingerprint density at radius 3 is 2.81 bits per heavy atom. The number of aromatic nitrogens is 2. The smallest absolute Gasteiger partial charge is 0.326 e. The van der Waals surface area contributed by atoms with Gasteiger partial charge in [-0.25, -0.2) is 4.98 Å². The van der Waals surface area contributed by atoms with Gasteiger partial charge in [-0.1, -0.05) is 12.1 Å². The van der Waals surface area contributed by atoms with Gasteiger partial charge in [-0.05, 0) is 38.1 Å². The van der Waals surface area contributed by atoms with Gasteiger partial charge in [-0.15, -0.1) is 0 Å². The number of carbonyl (C=O) groups is 1. The van der Waals surface area contributed by atoms with E-state index in [0.717, 1.165) is 11.0 Å². The van der Waals surface area contributed by atoms with E-state index in [2.05, 4.69) is 4.98 Å². The molecule has 2 heterocycles. The second kappa shape index (κ2) is 5.44. The zero-order valence-electron chi connectivity index (χ0n) is 11.9. The molecule has 0 aliphatic heterocycles. The van der Waals surface area contributed by atoms with Gasteiger partial charge in [0.1, 0.15) is 6.54 Å². The Bertz CT molecular complexity index is 757. The Hall–Kier alpha value is -2.56. The summed E-state index contributed by atoms with van der Waals surface area (Å²) in [6.07, 6.45) is 1.45. The molecule has 0 fully saturated rings. The second-order valence-corrected chi connectivity index (χ2v) is 5.03. The number of imidazole rings is 1. The lowest BCUT2D eigenvalue weighted by molar-refractivity contribution is -0.147. The van der Waals surface area contributed by atoms with Crippen molar-refractivity contribution in [2.45, 2.75) is 26.5 Å². The molecule has 5 nitrogen and oxygen atoms in total. The van der Waals surface area contributed by atoms with E-state index in [-0.39, 0.29) is 18.6 Å². The van der Waals surface area contributed by atoms with Crippen molar-refractivity contribution in [3.63, 3.8) is 0 Å². The maximum Gasteiger partial charge on any atom is 0.326 e. The van der Waals surface area contributed by atoms with Gasteiger partial charge in [0.2, 0.25) is 0 Å². The van der Waals surface area contributed by atoms with Crippen molar-refractivity contribution in [2.75, 3.05) is 0 Å². The fourth-order valence-corrected chi connectivity index (χ4v) is 2.26. The molecule has 0 N–H and O–H groups in total. The highest BCUT2D eigenvalue weighted by molar-refractivity contribution is 5.82. The Morgan fingerprint density at radius 2 is 2.10 bits per heavy atom. The Labute approximate surface area is 122 Å². The van der Waals surface area contributed by atoms with Crippen LogP contribution in [0, 0.1) is 0 Å². The number of hydrogen-bond donors (Lipinski definition) is 0. The average molecular weight is 284 g/mol. The number of esters is 1. The first-order valence-corrected chi connectivity index (χ1v) is 6.84. The first-order valence-electron chi connectivity index (χ1n) is 6.84. The van der Waals surface area contributed by atoms with Gasteiger partial charge in [-0.3, -0.25) is 4.79 Å². The maximum absolute atomic E-state index is 12.0. The van der Waals surface area contributed by atoms with E-state index in [0.29, 0.717) is 11.6 Å². The Balaban J connectivity index is 2.06. The van der Waals surface area contributed by atoms with Gasteiger partial charge < -0.3 is 13.7 Å². The largest absolute Gasteiger partial charge is 0.462 e. The van der Waals surface area contributed by atoms with Crippen LogP contribution >= 0.6 is 0 Å². The number of benzene rings is 1. The summed E-state index contributed by atoms with van der Waals surface area (Å²) in [4.78, 5) is 16.5. The second-order valence-electron chi connectivity index (χ2n) is 5.03. The monoisotopic (exact) mass is 284 g/mol. The quantitative estimate of drug-likeness (QED) is 0.690. The molecule has 3 rings (SSSR count). The zero-order valence-corrected chi connectivity index (χ0v) is 11.9. The molecule has 0 radical (unpaired) electrons. The molecule has 2 aromatic heterocycles. The number of para-hydroxylation sites is 2. The van der Waals surface area contributed by atoms with Gasteiger partial charge in [0.15, 0.2) is 11.6 Å².